The summed E-state index contributed by atoms with van der Waals surface area (Å²) in [7, 11) is -2.14. The van der Waals surface area contributed by atoms with E-state index in [1.54, 1.807) is 33.0 Å². The average Bonchev–Trinajstić information content (AvgIpc) is 2.68. The van der Waals surface area contributed by atoms with Gasteiger partial charge in [0.05, 0.1) is 28.7 Å². The van der Waals surface area contributed by atoms with Gasteiger partial charge in [-0.2, -0.15) is 5.26 Å². The van der Waals surface area contributed by atoms with Crippen molar-refractivity contribution in [3.63, 3.8) is 0 Å². The number of sulfonamides is 1. The van der Waals surface area contributed by atoms with E-state index in [0.29, 0.717) is 22.9 Å². The molecule has 0 aliphatic carbocycles. The zero-order chi connectivity index (χ0) is 22.1. The molecule has 0 atom stereocenters. The molecule has 1 heterocycles. The fourth-order valence-electron chi connectivity index (χ4n) is 2.99. The number of ether oxygens (including phenoxy) is 1. The molecule has 0 amide bonds. The lowest BCUT2D eigenvalue weighted by Gasteiger charge is -2.15. The second-order valence-corrected chi connectivity index (χ2v) is 8.52. The molecule has 0 saturated heterocycles. The second kappa shape index (κ2) is 8.12. The standard InChI is InChI=1S/C20H19FN4O4S/c1-4-9-30(27,28)24-15-6-5-14(21)19(13(15)10-22)29-17-8-7-16-18(12(17)2)20(26)25(3)11-23-16/h5-8,11,24H,4,9H2,1-3H3. The summed E-state index contributed by atoms with van der Waals surface area (Å²) in [5.74, 6) is -1.27. The van der Waals surface area contributed by atoms with Crippen molar-refractivity contribution in [3.8, 4) is 17.6 Å². The first kappa shape index (κ1) is 21.3. The zero-order valence-electron chi connectivity index (χ0n) is 16.6. The van der Waals surface area contributed by atoms with E-state index in [4.69, 9.17) is 4.74 Å². The molecule has 10 heteroatoms. The molecule has 156 valence electrons. The number of fused-ring (bicyclic) bond motifs is 1. The Bertz CT molecular complexity index is 1340. The third kappa shape index (κ3) is 3.97. The van der Waals surface area contributed by atoms with Crippen molar-refractivity contribution in [1.82, 2.24) is 9.55 Å². The lowest BCUT2D eigenvalue weighted by molar-refractivity contribution is 0.439. The van der Waals surface area contributed by atoms with E-state index in [0.717, 1.165) is 6.07 Å². The summed E-state index contributed by atoms with van der Waals surface area (Å²) >= 11 is 0. The molecule has 0 saturated carbocycles. The Morgan fingerprint density at radius 3 is 2.70 bits per heavy atom. The van der Waals surface area contributed by atoms with Crippen LogP contribution in [0.3, 0.4) is 0 Å². The summed E-state index contributed by atoms with van der Waals surface area (Å²) < 4.78 is 48.0. The maximum absolute atomic E-state index is 14.5. The number of hydrogen-bond donors (Lipinski definition) is 1. The number of aromatic nitrogens is 2. The highest BCUT2D eigenvalue weighted by molar-refractivity contribution is 7.92. The number of nitrogens with zero attached hydrogens (tertiary/aromatic N) is 3. The van der Waals surface area contributed by atoms with Crippen molar-refractivity contribution in [2.45, 2.75) is 20.3 Å². The van der Waals surface area contributed by atoms with Crippen LogP contribution in [0, 0.1) is 24.1 Å². The normalized spacial score (nSPS) is 11.3. The Morgan fingerprint density at radius 1 is 1.30 bits per heavy atom. The van der Waals surface area contributed by atoms with E-state index in [1.807, 2.05) is 0 Å². The van der Waals surface area contributed by atoms with Gasteiger partial charge in [0.15, 0.2) is 11.6 Å². The van der Waals surface area contributed by atoms with Crippen LogP contribution in [0.1, 0.15) is 24.5 Å². The van der Waals surface area contributed by atoms with Gasteiger partial charge in [0, 0.05) is 12.6 Å². The zero-order valence-corrected chi connectivity index (χ0v) is 17.4. The highest BCUT2D eigenvalue weighted by Gasteiger charge is 2.21. The molecule has 8 nitrogen and oxygen atoms in total. The van der Waals surface area contributed by atoms with E-state index in [9.17, 15) is 22.9 Å². The second-order valence-electron chi connectivity index (χ2n) is 6.68. The lowest BCUT2D eigenvalue weighted by atomic mass is 10.1. The molecule has 3 aromatic rings. The quantitative estimate of drug-likeness (QED) is 0.642. The van der Waals surface area contributed by atoms with Crippen LogP contribution in [-0.4, -0.2) is 23.7 Å². The van der Waals surface area contributed by atoms with Gasteiger partial charge in [-0.3, -0.25) is 9.52 Å². The van der Waals surface area contributed by atoms with E-state index in [2.05, 4.69) is 9.71 Å². The Kier molecular flexibility index (Phi) is 5.75. The van der Waals surface area contributed by atoms with Crippen LogP contribution in [-0.2, 0) is 17.1 Å². The molecule has 0 radical (unpaired) electrons. The number of nitrogens with one attached hydrogen (secondary N) is 1. The maximum Gasteiger partial charge on any atom is 0.261 e. The van der Waals surface area contributed by atoms with Crippen LogP contribution in [0.4, 0.5) is 10.1 Å². The monoisotopic (exact) mass is 430 g/mol. The molecule has 2 aromatic carbocycles. The number of nitriles is 1. The number of halogens is 1. The lowest BCUT2D eigenvalue weighted by Crippen LogP contribution is -2.18. The van der Waals surface area contributed by atoms with Gasteiger partial charge in [0.25, 0.3) is 5.56 Å². The van der Waals surface area contributed by atoms with Crippen molar-refractivity contribution >= 4 is 26.6 Å². The van der Waals surface area contributed by atoms with E-state index in [1.165, 1.54) is 23.0 Å². The molecule has 0 bridgehead atoms. The third-order valence-corrected chi connectivity index (χ3v) is 5.95. The molecular weight excluding hydrogens is 411 g/mol. The molecule has 3 rings (SSSR count). The van der Waals surface area contributed by atoms with E-state index in [-0.39, 0.29) is 28.3 Å². The van der Waals surface area contributed by atoms with Gasteiger partial charge in [0.1, 0.15) is 17.4 Å². The maximum atomic E-state index is 14.5. The SMILES string of the molecule is CCCS(=O)(=O)Nc1ccc(F)c(Oc2ccc3ncn(C)c(=O)c3c2C)c1C#N. The minimum absolute atomic E-state index is 0.0848. The first-order valence-corrected chi connectivity index (χ1v) is 10.7. The summed E-state index contributed by atoms with van der Waals surface area (Å²) in [5.41, 5.74) is 0.183. The predicted molar refractivity (Wildman–Crippen MR) is 111 cm³/mol. The molecule has 0 unspecified atom stereocenters. The van der Waals surface area contributed by atoms with Gasteiger partial charge in [0.2, 0.25) is 10.0 Å². The van der Waals surface area contributed by atoms with Crippen molar-refractivity contribution in [1.29, 1.82) is 5.26 Å². The molecule has 0 aliphatic rings. The topological polar surface area (TPSA) is 114 Å². The molecule has 0 spiro atoms. The first-order chi connectivity index (χ1) is 14.2. The van der Waals surface area contributed by atoms with Gasteiger partial charge >= 0.3 is 0 Å². The summed E-state index contributed by atoms with van der Waals surface area (Å²) in [6.45, 7) is 3.32. The first-order valence-electron chi connectivity index (χ1n) is 9.04. The van der Waals surface area contributed by atoms with Crippen molar-refractivity contribution in [2.24, 2.45) is 7.05 Å². The van der Waals surface area contributed by atoms with Crippen LogP contribution < -0.4 is 15.0 Å². The van der Waals surface area contributed by atoms with Crippen LogP contribution in [0.5, 0.6) is 11.5 Å². The minimum Gasteiger partial charge on any atom is -0.452 e. The molecular formula is C20H19FN4O4S. The van der Waals surface area contributed by atoms with E-state index < -0.39 is 21.6 Å². The van der Waals surface area contributed by atoms with E-state index >= 15 is 0 Å². The summed E-state index contributed by atoms with van der Waals surface area (Å²) in [6.07, 6.45) is 1.77. The molecule has 1 aromatic heterocycles. The molecule has 1 N–H and O–H groups in total. The highest BCUT2D eigenvalue weighted by Crippen LogP contribution is 2.35. The van der Waals surface area contributed by atoms with Gasteiger partial charge in [-0.25, -0.2) is 17.8 Å². The predicted octanol–water partition coefficient (Wildman–Crippen LogP) is 3.20. The van der Waals surface area contributed by atoms with Crippen LogP contribution in [0.25, 0.3) is 10.9 Å². The van der Waals surface area contributed by atoms with Crippen molar-refractivity contribution in [2.75, 3.05) is 10.5 Å². The smallest absolute Gasteiger partial charge is 0.261 e. The van der Waals surface area contributed by atoms with Gasteiger partial charge in [-0.15, -0.1) is 0 Å². The number of benzene rings is 2. The number of aryl methyl sites for hydroxylation is 2. The largest absolute Gasteiger partial charge is 0.452 e. The Balaban J connectivity index is 2.13. The van der Waals surface area contributed by atoms with Gasteiger partial charge in [-0.1, -0.05) is 6.92 Å². The number of hydrogen-bond acceptors (Lipinski definition) is 6. The molecule has 0 fully saturated rings. The molecule has 30 heavy (non-hydrogen) atoms. The fraction of sp³-hybridized carbons (Fsp3) is 0.250. The minimum atomic E-state index is -3.70. The summed E-state index contributed by atoms with van der Waals surface area (Å²) in [6, 6.07) is 7.04. The number of rotatable bonds is 6. The summed E-state index contributed by atoms with van der Waals surface area (Å²) in [4.78, 5) is 16.7. The Hall–Kier alpha value is -3.45. The van der Waals surface area contributed by atoms with Crippen molar-refractivity contribution < 1.29 is 17.5 Å². The van der Waals surface area contributed by atoms with Crippen LogP contribution in [0.2, 0.25) is 0 Å². The third-order valence-electron chi connectivity index (χ3n) is 4.47. The fourth-order valence-corrected chi connectivity index (χ4v) is 4.14. The Morgan fingerprint density at radius 2 is 2.03 bits per heavy atom. The van der Waals surface area contributed by atoms with Crippen LogP contribution in [0.15, 0.2) is 35.4 Å². The van der Waals surface area contributed by atoms with Crippen LogP contribution >= 0.6 is 0 Å². The molecule has 0 aliphatic heterocycles. The van der Waals surface area contributed by atoms with Crippen molar-refractivity contribution in [3.05, 3.63) is 57.9 Å². The van der Waals surface area contributed by atoms with Gasteiger partial charge < -0.3 is 9.30 Å². The van der Waals surface area contributed by atoms with Gasteiger partial charge in [-0.05, 0) is 37.6 Å². The number of anilines is 1. The average molecular weight is 430 g/mol. The summed E-state index contributed by atoms with van der Waals surface area (Å²) in [5, 5.41) is 9.86. The Labute approximate surface area is 172 Å². The highest BCUT2D eigenvalue weighted by atomic mass is 32.2.